The first-order valence-electron chi connectivity index (χ1n) is 8.69. The third-order valence-corrected chi connectivity index (χ3v) is 4.23. The molecule has 1 rings (SSSR count). The van der Waals surface area contributed by atoms with Crippen LogP contribution in [-0.4, -0.2) is 40.1 Å². The van der Waals surface area contributed by atoms with Gasteiger partial charge in [0, 0.05) is 6.42 Å². The number of nitrogens with one attached hydrogen (secondary N) is 2. The fraction of sp³-hybridized carbons (Fsp3) is 0.526. The summed E-state index contributed by atoms with van der Waals surface area (Å²) in [6.07, 6.45) is -5.36. The number of benzene rings is 1. The van der Waals surface area contributed by atoms with Crippen LogP contribution in [0.5, 0.6) is 0 Å². The van der Waals surface area contributed by atoms with Crippen molar-refractivity contribution in [2.24, 2.45) is 5.92 Å². The van der Waals surface area contributed by atoms with E-state index >= 15 is 0 Å². The molecule has 6 nitrogen and oxygen atoms in total. The van der Waals surface area contributed by atoms with Gasteiger partial charge in [-0.1, -0.05) is 44.2 Å². The Morgan fingerprint density at radius 1 is 0.964 bits per heavy atom. The molecule has 0 heterocycles. The number of hydrogen-bond donors (Lipinski definition) is 3. The van der Waals surface area contributed by atoms with Crippen molar-refractivity contribution in [3.63, 3.8) is 0 Å². The van der Waals surface area contributed by atoms with Gasteiger partial charge in [0.25, 0.3) is 0 Å². The molecule has 9 heteroatoms. The summed E-state index contributed by atoms with van der Waals surface area (Å²) in [5.41, 5.74) is -3.09. The van der Waals surface area contributed by atoms with Gasteiger partial charge in [0.1, 0.15) is 11.1 Å². The van der Waals surface area contributed by atoms with Gasteiger partial charge in [0.2, 0.25) is 5.91 Å². The minimum atomic E-state index is -5.17. The van der Waals surface area contributed by atoms with Crippen LogP contribution in [0.4, 0.5) is 13.2 Å². The smallest absolute Gasteiger partial charge is 0.471 e. The number of amides is 2. The first kappa shape index (κ1) is 23.5. The van der Waals surface area contributed by atoms with Gasteiger partial charge in [0.15, 0.2) is 0 Å². The van der Waals surface area contributed by atoms with E-state index in [-0.39, 0.29) is 18.8 Å². The first-order chi connectivity index (χ1) is 12.7. The Hall–Kier alpha value is -2.58. The van der Waals surface area contributed by atoms with Crippen molar-refractivity contribution in [3.8, 4) is 0 Å². The molecule has 0 spiro atoms. The topological polar surface area (TPSA) is 95.5 Å². The molecule has 28 heavy (non-hydrogen) atoms. The molecule has 0 aliphatic carbocycles. The predicted molar refractivity (Wildman–Crippen MR) is 96.4 cm³/mol. The summed E-state index contributed by atoms with van der Waals surface area (Å²) in [6, 6.07) is 8.49. The monoisotopic (exact) mass is 402 g/mol. The lowest BCUT2D eigenvalue weighted by Gasteiger charge is -2.35. The second-order valence-corrected chi connectivity index (χ2v) is 7.64. The minimum Gasteiger partial charge on any atom is -0.480 e. The lowest BCUT2D eigenvalue weighted by molar-refractivity contribution is -0.176. The number of hydrogen-bond acceptors (Lipinski definition) is 3. The summed E-state index contributed by atoms with van der Waals surface area (Å²) < 4.78 is 38.1. The van der Waals surface area contributed by atoms with Crippen LogP contribution >= 0.6 is 0 Å². The summed E-state index contributed by atoms with van der Waals surface area (Å²) >= 11 is 0. The number of carboxylic acid groups (broad SMARTS) is 1. The summed E-state index contributed by atoms with van der Waals surface area (Å²) in [6.45, 7) is 5.76. The molecule has 1 aromatic rings. The third-order valence-electron chi connectivity index (χ3n) is 4.23. The third kappa shape index (κ3) is 6.24. The summed E-state index contributed by atoms with van der Waals surface area (Å²) in [5.74, 6) is -4.85. The van der Waals surface area contributed by atoms with Crippen molar-refractivity contribution >= 4 is 17.8 Å². The molecule has 2 atom stereocenters. The van der Waals surface area contributed by atoms with Crippen LogP contribution in [0.1, 0.15) is 39.7 Å². The Labute approximate surface area is 161 Å². The highest BCUT2D eigenvalue weighted by Gasteiger charge is 2.47. The van der Waals surface area contributed by atoms with Crippen molar-refractivity contribution in [3.05, 3.63) is 35.9 Å². The maximum absolute atomic E-state index is 12.8. The summed E-state index contributed by atoms with van der Waals surface area (Å²) in [5, 5.41) is 13.7. The molecular weight excluding hydrogens is 377 g/mol. The number of carboxylic acids is 1. The number of alkyl halides is 3. The quantitative estimate of drug-likeness (QED) is 0.623. The van der Waals surface area contributed by atoms with Crippen LogP contribution in [0.2, 0.25) is 0 Å². The maximum atomic E-state index is 12.8. The molecule has 0 bridgehead atoms. The molecule has 0 radical (unpaired) electrons. The maximum Gasteiger partial charge on any atom is 0.471 e. The standard InChI is InChI=1S/C19H25F3N2O4/c1-12(2)10-17(3,24-15(26)19(20,21)22)14(25)23-18(4,16(27)28)11-13-8-6-5-7-9-13/h5-9,12H,10-11H2,1-4H3,(H,23,25)(H,24,26)(H,27,28)/t17-,18-/m0/s1. The van der Waals surface area contributed by atoms with Crippen LogP contribution in [-0.2, 0) is 20.8 Å². The molecule has 0 aliphatic rings. The van der Waals surface area contributed by atoms with Crippen molar-refractivity contribution in [1.29, 1.82) is 0 Å². The summed E-state index contributed by atoms with van der Waals surface area (Å²) in [4.78, 5) is 36.1. The normalized spacial score (nSPS) is 16.0. The molecule has 0 aliphatic heterocycles. The van der Waals surface area contributed by atoms with Crippen molar-refractivity contribution in [1.82, 2.24) is 10.6 Å². The molecule has 0 unspecified atom stereocenters. The van der Waals surface area contributed by atoms with E-state index in [9.17, 15) is 32.7 Å². The van der Waals surface area contributed by atoms with Gasteiger partial charge < -0.3 is 15.7 Å². The predicted octanol–water partition coefficient (Wildman–Crippen LogP) is 2.67. The van der Waals surface area contributed by atoms with Crippen molar-refractivity contribution in [2.75, 3.05) is 0 Å². The first-order valence-corrected chi connectivity index (χ1v) is 8.69. The molecule has 0 saturated carbocycles. The van der Waals surface area contributed by atoms with Crippen LogP contribution in [0.25, 0.3) is 0 Å². The van der Waals surface area contributed by atoms with Gasteiger partial charge in [-0.3, -0.25) is 9.59 Å². The lowest BCUT2D eigenvalue weighted by atomic mass is 9.86. The fourth-order valence-corrected chi connectivity index (χ4v) is 2.90. The van der Waals surface area contributed by atoms with Crippen LogP contribution in [0, 0.1) is 5.92 Å². The van der Waals surface area contributed by atoms with Crippen molar-refractivity contribution < 1.29 is 32.7 Å². The number of rotatable bonds is 8. The minimum absolute atomic E-state index is 0.0834. The highest BCUT2D eigenvalue weighted by Crippen LogP contribution is 2.23. The Morgan fingerprint density at radius 2 is 1.46 bits per heavy atom. The lowest BCUT2D eigenvalue weighted by Crippen LogP contribution is -2.65. The van der Waals surface area contributed by atoms with Gasteiger partial charge in [-0.2, -0.15) is 13.2 Å². The number of halogens is 3. The zero-order valence-corrected chi connectivity index (χ0v) is 16.2. The van der Waals surface area contributed by atoms with E-state index < -0.39 is 35.0 Å². The largest absolute Gasteiger partial charge is 0.480 e. The second-order valence-electron chi connectivity index (χ2n) is 7.64. The SMILES string of the molecule is CC(C)C[C@](C)(NC(=O)C(F)(F)F)C(=O)N[C@@](C)(Cc1ccccc1)C(=O)O. The average molecular weight is 402 g/mol. The van der Waals surface area contributed by atoms with E-state index in [1.807, 2.05) is 0 Å². The molecule has 0 saturated heterocycles. The van der Waals surface area contributed by atoms with E-state index in [1.54, 1.807) is 49.5 Å². The van der Waals surface area contributed by atoms with Gasteiger partial charge in [-0.25, -0.2) is 4.79 Å². The molecular formula is C19H25F3N2O4. The Balaban J connectivity index is 3.15. The molecule has 2 amide bonds. The number of carbonyl (C=O) groups is 3. The molecule has 3 N–H and O–H groups in total. The zero-order chi connectivity index (χ0) is 21.8. The average Bonchev–Trinajstić information content (AvgIpc) is 2.53. The highest BCUT2D eigenvalue weighted by molar-refractivity contribution is 5.95. The molecule has 1 aromatic carbocycles. The van der Waals surface area contributed by atoms with Gasteiger partial charge >= 0.3 is 18.1 Å². The van der Waals surface area contributed by atoms with Crippen LogP contribution < -0.4 is 10.6 Å². The van der Waals surface area contributed by atoms with Gasteiger partial charge in [-0.05, 0) is 31.7 Å². The Morgan fingerprint density at radius 3 is 1.89 bits per heavy atom. The summed E-state index contributed by atoms with van der Waals surface area (Å²) in [7, 11) is 0. The van der Waals surface area contributed by atoms with E-state index in [1.165, 1.54) is 6.92 Å². The number of carbonyl (C=O) groups excluding carboxylic acids is 2. The molecule has 0 aromatic heterocycles. The van der Waals surface area contributed by atoms with E-state index in [2.05, 4.69) is 5.32 Å². The van der Waals surface area contributed by atoms with Crippen LogP contribution in [0.15, 0.2) is 30.3 Å². The van der Waals surface area contributed by atoms with E-state index in [0.717, 1.165) is 6.92 Å². The molecule has 0 fully saturated rings. The van der Waals surface area contributed by atoms with E-state index in [4.69, 9.17) is 0 Å². The fourth-order valence-electron chi connectivity index (χ4n) is 2.90. The van der Waals surface area contributed by atoms with Crippen LogP contribution in [0.3, 0.4) is 0 Å². The highest BCUT2D eigenvalue weighted by atomic mass is 19.4. The Bertz CT molecular complexity index is 722. The Kier molecular flexibility index (Phi) is 7.22. The van der Waals surface area contributed by atoms with E-state index in [0.29, 0.717) is 5.56 Å². The molecule has 156 valence electrons. The number of aliphatic carboxylic acids is 1. The zero-order valence-electron chi connectivity index (χ0n) is 16.2. The second kappa shape index (κ2) is 8.62. The van der Waals surface area contributed by atoms with Crippen molar-refractivity contribution in [2.45, 2.75) is 57.8 Å². The van der Waals surface area contributed by atoms with Gasteiger partial charge in [-0.15, -0.1) is 0 Å². The van der Waals surface area contributed by atoms with Gasteiger partial charge in [0.05, 0.1) is 0 Å².